The highest BCUT2D eigenvalue weighted by Gasteiger charge is 2.12. The normalized spacial score (nSPS) is 11.3. The van der Waals surface area contributed by atoms with Gasteiger partial charge in [0.05, 0.1) is 21.5 Å². The van der Waals surface area contributed by atoms with Gasteiger partial charge in [0.1, 0.15) is 9.71 Å². The van der Waals surface area contributed by atoms with Gasteiger partial charge < -0.3 is 5.32 Å². The molecule has 0 saturated heterocycles. The van der Waals surface area contributed by atoms with Gasteiger partial charge in [-0.3, -0.25) is 14.2 Å². The molecule has 2 aromatic carbocycles. The zero-order valence-electron chi connectivity index (χ0n) is 17.3. The molecule has 0 aliphatic heterocycles. The largest absolute Gasteiger partial charge is 0.325 e. The number of carbonyl (C=O) groups excluding carboxylic acids is 1. The summed E-state index contributed by atoms with van der Waals surface area (Å²) in [5, 5.41) is 6.23. The Balaban J connectivity index is 1.26. The third-order valence-corrected chi connectivity index (χ3v) is 7.93. The van der Waals surface area contributed by atoms with Crippen molar-refractivity contribution in [2.45, 2.75) is 12.1 Å². The first-order valence-electron chi connectivity index (χ1n) is 9.82. The Bertz CT molecular complexity index is 1520. The molecule has 3 heterocycles. The molecule has 1 amide bonds. The first kappa shape index (κ1) is 20.9. The van der Waals surface area contributed by atoms with Crippen LogP contribution in [-0.4, -0.2) is 26.2 Å². The molecule has 9 heteroatoms. The van der Waals surface area contributed by atoms with E-state index in [0.29, 0.717) is 21.1 Å². The van der Waals surface area contributed by atoms with Gasteiger partial charge in [0.25, 0.3) is 5.56 Å². The molecule has 32 heavy (non-hydrogen) atoms. The second-order valence-electron chi connectivity index (χ2n) is 7.30. The summed E-state index contributed by atoms with van der Waals surface area (Å²) < 4.78 is 3.29. The van der Waals surface area contributed by atoms with E-state index < -0.39 is 0 Å². The average molecular weight is 479 g/mol. The van der Waals surface area contributed by atoms with Crippen LogP contribution in [0.15, 0.2) is 63.9 Å². The summed E-state index contributed by atoms with van der Waals surface area (Å²) in [5.41, 5.74) is 4.52. The number of aryl methyl sites for hydroxylation is 1. The van der Waals surface area contributed by atoms with E-state index in [1.54, 1.807) is 18.4 Å². The number of thiazole rings is 1. The number of nitrogens with one attached hydrogen (secondary N) is 1. The van der Waals surface area contributed by atoms with E-state index in [9.17, 15) is 9.59 Å². The van der Waals surface area contributed by atoms with E-state index in [4.69, 9.17) is 4.98 Å². The van der Waals surface area contributed by atoms with Crippen molar-refractivity contribution in [3.63, 3.8) is 0 Å². The predicted molar refractivity (Wildman–Crippen MR) is 134 cm³/mol. The molecule has 0 aliphatic rings. The molecule has 3 aromatic heterocycles. The number of aromatic nitrogens is 3. The first-order chi connectivity index (χ1) is 15.5. The maximum atomic E-state index is 12.4. The molecule has 0 unspecified atom stereocenters. The fourth-order valence-corrected chi connectivity index (χ4v) is 5.92. The van der Waals surface area contributed by atoms with E-state index in [-0.39, 0.29) is 17.2 Å². The summed E-state index contributed by atoms with van der Waals surface area (Å²) >= 11 is 4.28. The van der Waals surface area contributed by atoms with Gasteiger partial charge in [0.15, 0.2) is 5.16 Å². The van der Waals surface area contributed by atoms with Crippen molar-refractivity contribution in [3.05, 3.63) is 69.8 Å². The topological polar surface area (TPSA) is 76.9 Å². The number of hydrogen-bond donors (Lipinski definition) is 1. The van der Waals surface area contributed by atoms with Crippen LogP contribution in [0.1, 0.15) is 5.56 Å². The van der Waals surface area contributed by atoms with Crippen molar-refractivity contribution in [2.75, 3.05) is 11.1 Å². The van der Waals surface area contributed by atoms with Gasteiger partial charge in [0, 0.05) is 18.3 Å². The van der Waals surface area contributed by atoms with Crippen molar-refractivity contribution in [1.29, 1.82) is 0 Å². The van der Waals surface area contributed by atoms with Crippen LogP contribution in [0.2, 0.25) is 0 Å². The number of thiophene rings is 1. The minimum atomic E-state index is -0.155. The van der Waals surface area contributed by atoms with Crippen LogP contribution in [0.5, 0.6) is 0 Å². The predicted octanol–water partition coefficient (Wildman–Crippen LogP) is 5.31. The molecule has 6 nitrogen and oxygen atoms in total. The zero-order chi connectivity index (χ0) is 22.2. The van der Waals surface area contributed by atoms with E-state index >= 15 is 0 Å². The maximum Gasteiger partial charge on any atom is 0.271 e. The minimum absolute atomic E-state index is 0.0893. The van der Waals surface area contributed by atoms with Crippen LogP contribution in [0.3, 0.4) is 0 Å². The lowest BCUT2D eigenvalue weighted by molar-refractivity contribution is -0.113. The third-order valence-electron chi connectivity index (χ3n) is 4.94. The molecule has 0 aliphatic carbocycles. The van der Waals surface area contributed by atoms with Gasteiger partial charge in [-0.1, -0.05) is 17.8 Å². The van der Waals surface area contributed by atoms with Crippen molar-refractivity contribution >= 4 is 66.5 Å². The van der Waals surface area contributed by atoms with Crippen molar-refractivity contribution in [1.82, 2.24) is 14.5 Å². The lowest BCUT2D eigenvalue weighted by Gasteiger charge is -2.08. The van der Waals surface area contributed by atoms with Gasteiger partial charge >= 0.3 is 0 Å². The van der Waals surface area contributed by atoms with Gasteiger partial charge in [-0.25, -0.2) is 9.97 Å². The fourth-order valence-electron chi connectivity index (χ4n) is 3.28. The van der Waals surface area contributed by atoms with Gasteiger partial charge in [0.2, 0.25) is 5.91 Å². The fraction of sp³-hybridized carbons (Fsp3) is 0.130. The molecule has 0 spiro atoms. The molecule has 160 valence electrons. The van der Waals surface area contributed by atoms with Crippen LogP contribution >= 0.6 is 34.4 Å². The number of carbonyl (C=O) groups is 1. The monoisotopic (exact) mass is 478 g/mol. The molecular formula is C23H18N4O2S3. The summed E-state index contributed by atoms with van der Waals surface area (Å²) in [6, 6.07) is 15.7. The van der Waals surface area contributed by atoms with E-state index in [1.165, 1.54) is 33.2 Å². The molecular weight excluding hydrogens is 460 g/mol. The van der Waals surface area contributed by atoms with Gasteiger partial charge in [-0.05, 0) is 60.3 Å². The Labute approximate surface area is 196 Å². The highest BCUT2D eigenvalue weighted by atomic mass is 32.2. The number of nitrogens with zero attached hydrogens (tertiary/aromatic N) is 3. The Morgan fingerprint density at radius 3 is 2.72 bits per heavy atom. The Hall–Kier alpha value is -3.01. The first-order valence-corrected chi connectivity index (χ1v) is 12.5. The van der Waals surface area contributed by atoms with Crippen molar-refractivity contribution in [2.24, 2.45) is 7.05 Å². The summed E-state index contributed by atoms with van der Waals surface area (Å²) in [5.74, 6) is 0.00686. The highest BCUT2D eigenvalue weighted by molar-refractivity contribution is 7.99. The standard InChI is InChI=1S/C23H18N4O2S3/c1-13-3-8-16-18(11-13)32-21(25-16)14-4-6-15(7-5-14)24-19(28)12-31-23-26-17-9-10-30-20(17)22(29)27(23)2/h3-11H,12H2,1-2H3,(H,24,28). The quantitative estimate of drug-likeness (QED) is 0.274. The lowest BCUT2D eigenvalue weighted by Crippen LogP contribution is -2.20. The minimum Gasteiger partial charge on any atom is -0.325 e. The molecule has 0 fully saturated rings. The number of anilines is 1. The molecule has 5 rings (SSSR count). The number of benzene rings is 2. The number of thioether (sulfide) groups is 1. The number of hydrogen-bond acceptors (Lipinski definition) is 7. The van der Waals surface area contributed by atoms with Crippen LogP contribution in [0.25, 0.3) is 31.0 Å². The van der Waals surface area contributed by atoms with Crippen molar-refractivity contribution in [3.8, 4) is 10.6 Å². The molecule has 0 bridgehead atoms. The number of fused-ring (bicyclic) bond motifs is 2. The van der Waals surface area contributed by atoms with Crippen LogP contribution in [0.4, 0.5) is 5.69 Å². The lowest BCUT2D eigenvalue weighted by atomic mass is 10.2. The Morgan fingerprint density at radius 1 is 1.09 bits per heavy atom. The molecule has 0 saturated carbocycles. The molecule has 1 N–H and O–H groups in total. The smallest absolute Gasteiger partial charge is 0.271 e. The molecule has 5 aromatic rings. The van der Waals surface area contributed by atoms with Crippen molar-refractivity contribution < 1.29 is 4.79 Å². The van der Waals surface area contributed by atoms with E-state index in [0.717, 1.165) is 20.8 Å². The van der Waals surface area contributed by atoms with Gasteiger partial charge in [-0.15, -0.1) is 22.7 Å². The summed E-state index contributed by atoms with van der Waals surface area (Å²) in [4.78, 5) is 34.0. The molecule has 0 atom stereocenters. The van der Waals surface area contributed by atoms with Crippen LogP contribution in [-0.2, 0) is 11.8 Å². The third kappa shape index (κ3) is 4.06. The second kappa shape index (κ2) is 8.50. The average Bonchev–Trinajstić information content (AvgIpc) is 3.42. The number of rotatable bonds is 5. The zero-order valence-corrected chi connectivity index (χ0v) is 19.7. The summed E-state index contributed by atoms with van der Waals surface area (Å²) in [7, 11) is 1.68. The SMILES string of the molecule is Cc1ccc2nc(-c3ccc(NC(=O)CSc4nc5ccsc5c(=O)n4C)cc3)sc2c1. The highest BCUT2D eigenvalue weighted by Crippen LogP contribution is 2.31. The van der Waals surface area contributed by atoms with E-state index in [2.05, 4.69) is 29.4 Å². The van der Waals surface area contributed by atoms with E-state index in [1.807, 2.05) is 41.8 Å². The Morgan fingerprint density at radius 2 is 1.91 bits per heavy atom. The second-order valence-corrected chi connectivity index (χ2v) is 10.2. The summed E-state index contributed by atoms with van der Waals surface area (Å²) in [6.45, 7) is 2.07. The number of amides is 1. The van der Waals surface area contributed by atoms with Gasteiger partial charge in [-0.2, -0.15) is 0 Å². The maximum absolute atomic E-state index is 12.4. The van der Waals surface area contributed by atoms with Crippen LogP contribution in [0, 0.1) is 6.92 Å². The summed E-state index contributed by atoms with van der Waals surface area (Å²) in [6.07, 6.45) is 0. The Kier molecular flexibility index (Phi) is 5.54. The van der Waals surface area contributed by atoms with Crippen LogP contribution < -0.4 is 10.9 Å². The molecule has 0 radical (unpaired) electrons.